The Bertz CT molecular complexity index is 972. The summed E-state index contributed by atoms with van der Waals surface area (Å²) >= 11 is 0.856. The van der Waals surface area contributed by atoms with Crippen molar-refractivity contribution in [2.75, 3.05) is 12.0 Å². The molecule has 1 saturated heterocycles. The molecule has 150 valence electrons. The molecule has 29 heavy (non-hydrogen) atoms. The van der Waals surface area contributed by atoms with Gasteiger partial charge < -0.3 is 14.6 Å². The van der Waals surface area contributed by atoms with Crippen LogP contribution in [-0.2, 0) is 9.59 Å². The minimum atomic E-state index is -1.06. The van der Waals surface area contributed by atoms with Gasteiger partial charge >= 0.3 is 5.97 Å². The van der Waals surface area contributed by atoms with Gasteiger partial charge in [-0.25, -0.2) is 9.69 Å². The SMILES string of the molecule is CCC(Oc1ccc(/C=C2/SC(=O)N(c3ccccc3)C2=O)cc1OC)C(=O)O. The number of nitrogens with zero attached hydrogens (tertiary/aromatic N) is 1. The maximum atomic E-state index is 12.7. The fraction of sp³-hybridized carbons (Fsp3) is 0.190. The van der Waals surface area contributed by atoms with E-state index in [1.54, 1.807) is 55.5 Å². The van der Waals surface area contributed by atoms with Crippen LogP contribution in [0.3, 0.4) is 0 Å². The van der Waals surface area contributed by atoms with Crippen molar-refractivity contribution in [2.24, 2.45) is 0 Å². The van der Waals surface area contributed by atoms with Gasteiger partial charge in [0, 0.05) is 0 Å². The summed E-state index contributed by atoms with van der Waals surface area (Å²) in [5.41, 5.74) is 1.13. The zero-order valence-corrected chi connectivity index (χ0v) is 16.6. The van der Waals surface area contributed by atoms with Gasteiger partial charge in [0.2, 0.25) is 0 Å². The van der Waals surface area contributed by atoms with Gasteiger partial charge in [0.25, 0.3) is 11.1 Å². The molecule has 0 bridgehead atoms. The molecule has 7 nitrogen and oxygen atoms in total. The summed E-state index contributed by atoms with van der Waals surface area (Å²) < 4.78 is 10.8. The van der Waals surface area contributed by atoms with E-state index in [1.165, 1.54) is 7.11 Å². The molecule has 0 spiro atoms. The largest absolute Gasteiger partial charge is 0.493 e. The lowest BCUT2D eigenvalue weighted by Crippen LogP contribution is -2.27. The van der Waals surface area contributed by atoms with Gasteiger partial charge in [0.05, 0.1) is 17.7 Å². The Morgan fingerprint density at radius 2 is 1.90 bits per heavy atom. The van der Waals surface area contributed by atoms with Crippen molar-refractivity contribution in [2.45, 2.75) is 19.4 Å². The van der Waals surface area contributed by atoms with E-state index >= 15 is 0 Å². The lowest BCUT2D eigenvalue weighted by atomic mass is 10.1. The normalized spacial score (nSPS) is 16.2. The molecule has 1 N–H and O–H groups in total. The van der Waals surface area contributed by atoms with Crippen LogP contribution >= 0.6 is 11.8 Å². The standard InChI is InChI=1S/C21H19NO6S/c1-3-15(20(24)25)28-16-10-9-13(11-17(16)27-2)12-18-19(23)22(21(26)29-18)14-7-5-4-6-8-14/h4-12,15H,3H2,1-2H3,(H,24,25)/b18-12+. The van der Waals surface area contributed by atoms with E-state index in [0.717, 1.165) is 16.7 Å². The number of anilines is 1. The minimum absolute atomic E-state index is 0.284. The number of methoxy groups -OCH3 is 1. The molecule has 3 rings (SSSR count). The van der Waals surface area contributed by atoms with Crippen LogP contribution in [0.5, 0.6) is 11.5 Å². The molecule has 0 radical (unpaired) electrons. The highest BCUT2D eigenvalue weighted by Crippen LogP contribution is 2.37. The van der Waals surface area contributed by atoms with E-state index in [9.17, 15) is 14.4 Å². The first-order chi connectivity index (χ1) is 13.9. The zero-order chi connectivity index (χ0) is 21.0. The van der Waals surface area contributed by atoms with Crippen LogP contribution in [-0.4, -0.2) is 35.4 Å². The van der Waals surface area contributed by atoms with Gasteiger partial charge in [-0.15, -0.1) is 0 Å². The van der Waals surface area contributed by atoms with Crippen LogP contribution < -0.4 is 14.4 Å². The summed E-state index contributed by atoms with van der Waals surface area (Å²) in [7, 11) is 1.44. The molecular formula is C21H19NO6S. The van der Waals surface area contributed by atoms with E-state index in [2.05, 4.69) is 0 Å². The first-order valence-corrected chi connectivity index (χ1v) is 9.66. The first kappa shape index (κ1) is 20.5. The Balaban J connectivity index is 1.86. The van der Waals surface area contributed by atoms with Crippen LogP contribution in [0, 0.1) is 0 Å². The van der Waals surface area contributed by atoms with Crippen LogP contribution in [0.1, 0.15) is 18.9 Å². The summed E-state index contributed by atoms with van der Waals surface area (Å²) in [5, 5.41) is 8.79. The lowest BCUT2D eigenvalue weighted by molar-refractivity contribution is -0.145. The number of carboxylic acids is 1. The van der Waals surface area contributed by atoms with Crippen molar-refractivity contribution in [3.05, 3.63) is 59.0 Å². The molecule has 1 aliphatic heterocycles. The topological polar surface area (TPSA) is 93.1 Å². The Labute approximate surface area is 171 Å². The molecule has 0 saturated carbocycles. The number of amides is 2. The van der Waals surface area contributed by atoms with Crippen molar-refractivity contribution in [1.82, 2.24) is 0 Å². The van der Waals surface area contributed by atoms with E-state index in [1.807, 2.05) is 6.07 Å². The highest BCUT2D eigenvalue weighted by atomic mass is 32.2. The molecule has 0 aliphatic carbocycles. The predicted molar refractivity (Wildman–Crippen MR) is 110 cm³/mol. The zero-order valence-electron chi connectivity index (χ0n) is 15.8. The van der Waals surface area contributed by atoms with Crippen molar-refractivity contribution in [3.63, 3.8) is 0 Å². The fourth-order valence-electron chi connectivity index (χ4n) is 2.75. The number of benzene rings is 2. The maximum absolute atomic E-state index is 12.7. The number of rotatable bonds is 7. The molecule has 1 atom stereocenters. The number of carbonyl (C=O) groups is 3. The number of aliphatic carboxylic acids is 1. The second-order valence-electron chi connectivity index (χ2n) is 6.12. The third kappa shape index (κ3) is 4.43. The molecule has 2 aromatic carbocycles. The smallest absolute Gasteiger partial charge is 0.344 e. The van der Waals surface area contributed by atoms with Crippen molar-refractivity contribution in [1.29, 1.82) is 0 Å². The van der Waals surface area contributed by atoms with Crippen LogP contribution in [0.4, 0.5) is 10.5 Å². The number of thioether (sulfide) groups is 1. The summed E-state index contributed by atoms with van der Waals surface area (Å²) in [4.78, 5) is 37.6. The monoisotopic (exact) mass is 413 g/mol. The lowest BCUT2D eigenvalue weighted by Gasteiger charge is -2.16. The number of imide groups is 1. The molecule has 8 heteroatoms. The molecule has 1 fully saturated rings. The van der Waals surface area contributed by atoms with Gasteiger partial charge in [-0.3, -0.25) is 9.59 Å². The van der Waals surface area contributed by atoms with E-state index in [4.69, 9.17) is 14.6 Å². The number of carbonyl (C=O) groups excluding carboxylic acids is 2. The number of ether oxygens (including phenoxy) is 2. The predicted octanol–water partition coefficient (Wildman–Crippen LogP) is 4.18. The average Bonchev–Trinajstić information content (AvgIpc) is 3.00. The van der Waals surface area contributed by atoms with Gasteiger partial charge in [0.15, 0.2) is 17.6 Å². The van der Waals surface area contributed by atoms with Gasteiger partial charge in [0.1, 0.15) is 0 Å². The third-order valence-corrected chi connectivity index (χ3v) is 5.08. The fourth-order valence-corrected chi connectivity index (χ4v) is 3.59. The van der Waals surface area contributed by atoms with Crippen molar-refractivity contribution < 1.29 is 29.0 Å². The summed E-state index contributed by atoms with van der Waals surface area (Å²) in [6.07, 6.45) is 0.902. The van der Waals surface area contributed by atoms with Crippen molar-refractivity contribution >= 4 is 40.6 Å². The number of hydrogen-bond acceptors (Lipinski definition) is 6. The Morgan fingerprint density at radius 3 is 2.52 bits per heavy atom. The molecule has 2 aromatic rings. The third-order valence-electron chi connectivity index (χ3n) is 4.21. The molecule has 0 aromatic heterocycles. The maximum Gasteiger partial charge on any atom is 0.344 e. The van der Waals surface area contributed by atoms with E-state index in [-0.39, 0.29) is 15.9 Å². The highest BCUT2D eigenvalue weighted by molar-refractivity contribution is 8.19. The number of carboxylic acid groups (broad SMARTS) is 1. The molecular weight excluding hydrogens is 394 g/mol. The Kier molecular flexibility index (Phi) is 6.23. The number of hydrogen-bond donors (Lipinski definition) is 1. The summed E-state index contributed by atoms with van der Waals surface area (Å²) in [6, 6.07) is 13.6. The van der Waals surface area contributed by atoms with Crippen LogP contribution in [0.2, 0.25) is 0 Å². The molecule has 1 unspecified atom stereocenters. The van der Waals surface area contributed by atoms with Crippen LogP contribution in [0.25, 0.3) is 6.08 Å². The molecule has 1 aliphatic rings. The average molecular weight is 413 g/mol. The summed E-state index contributed by atoms with van der Waals surface area (Å²) in [5.74, 6) is -0.840. The van der Waals surface area contributed by atoms with Crippen molar-refractivity contribution in [3.8, 4) is 11.5 Å². The summed E-state index contributed by atoms with van der Waals surface area (Å²) in [6.45, 7) is 1.71. The Hall–Kier alpha value is -3.26. The number of para-hydroxylation sites is 1. The van der Waals surface area contributed by atoms with Gasteiger partial charge in [-0.05, 0) is 54.1 Å². The quantitative estimate of drug-likeness (QED) is 0.681. The van der Waals surface area contributed by atoms with E-state index < -0.39 is 18.0 Å². The molecule has 1 heterocycles. The Morgan fingerprint density at radius 1 is 1.17 bits per heavy atom. The van der Waals surface area contributed by atoms with E-state index in [0.29, 0.717) is 23.4 Å². The van der Waals surface area contributed by atoms with Gasteiger partial charge in [-0.1, -0.05) is 31.2 Å². The highest BCUT2D eigenvalue weighted by Gasteiger charge is 2.36. The van der Waals surface area contributed by atoms with Gasteiger partial charge in [-0.2, -0.15) is 0 Å². The second-order valence-corrected chi connectivity index (χ2v) is 7.11. The first-order valence-electron chi connectivity index (χ1n) is 8.85. The molecule has 2 amide bonds. The minimum Gasteiger partial charge on any atom is -0.493 e. The second kappa shape index (κ2) is 8.83. The van der Waals surface area contributed by atoms with Crippen LogP contribution in [0.15, 0.2) is 53.4 Å².